The van der Waals surface area contributed by atoms with E-state index in [0.717, 1.165) is 38.5 Å². The van der Waals surface area contributed by atoms with E-state index in [1.165, 1.54) is 122 Å². The quantitative estimate of drug-likeness (QED) is 0.0200. The summed E-state index contributed by atoms with van der Waals surface area (Å²) in [5, 5.41) is 0. The molecule has 0 N–H and O–H groups in total. The molecule has 2 atom stereocenters. The number of allylic oxidation sites excluding steroid dienone is 2. The first-order valence-electron chi connectivity index (χ1n) is 21.4. The number of hydrogen-bond donors (Lipinski definition) is 0. The molecule has 308 valence electrons. The molecule has 52 heavy (non-hydrogen) atoms. The molecule has 0 spiro atoms. The summed E-state index contributed by atoms with van der Waals surface area (Å²) in [4.78, 5) is 37.4. The summed E-state index contributed by atoms with van der Waals surface area (Å²) < 4.78 is 33.8. The number of phosphoric ester groups is 1. The van der Waals surface area contributed by atoms with E-state index in [4.69, 9.17) is 18.5 Å². The second-order valence-electron chi connectivity index (χ2n) is 15.7. The maximum absolute atomic E-state index is 12.6. The van der Waals surface area contributed by atoms with Crippen molar-refractivity contribution in [2.45, 2.75) is 200 Å². The van der Waals surface area contributed by atoms with Crippen molar-refractivity contribution >= 4 is 19.8 Å². The summed E-state index contributed by atoms with van der Waals surface area (Å²) in [5.74, 6) is -0.833. The van der Waals surface area contributed by atoms with Gasteiger partial charge in [0.1, 0.15) is 19.8 Å². The molecule has 9 nitrogen and oxygen atoms in total. The van der Waals surface area contributed by atoms with Crippen molar-refractivity contribution < 1.29 is 42.1 Å². The molecule has 0 aromatic carbocycles. The van der Waals surface area contributed by atoms with Crippen LogP contribution in [0, 0.1) is 0 Å². The number of unbranched alkanes of at least 4 members (excludes halogenated alkanes) is 23. The predicted octanol–water partition coefficient (Wildman–Crippen LogP) is 11.2. The molecule has 0 bridgehead atoms. The van der Waals surface area contributed by atoms with Gasteiger partial charge in [0, 0.05) is 12.8 Å². The topological polar surface area (TPSA) is 111 Å². The van der Waals surface area contributed by atoms with E-state index in [2.05, 4.69) is 26.0 Å². The molecule has 0 saturated heterocycles. The first-order chi connectivity index (χ1) is 25.0. The third-order valence-electron chi connectivity index (χ3n) is 9.29. The molecule has 0 aliphatic rings. The average molecular weight is 760 g/mol. The highest BCUT2D eigenvalue weighted by atomic mass is 31.2. The van der Waals surface area contributed by atoms with E-state index < -0.39 is 26.5 Å². The number of hydrogen-bond acceptors (Lipinski definition) is 8. The lowest BCUT2D eigenvalue weighted by molar-refractivity contribution is -0.870. The minimum atomic E-state index is -4.61. The molecular formula is C42H82NO8P. The number of carbonyl (C=O) groups is 2. The van der Waals surface area contributed by atoms with Crippen LogP contribution in [0.3, 0.4) is 0 Å². The van der Waals surface area contributed by atoms with E-state index in [1.807, 2.05) is 21.1 Å². The van der Waals surface area contributed by atoms with Crippen LogP contribution in [0.2, 0.25) is 0 Å². The van der Waals surface area contributed by atoms with Crippen molar-refractivity contribution in [2.75, 3.05) is 47.5 Å². The lowest BCUT2D eigenvalue weighted by Crippen LogP contribution is -2.37. The molecule has 0 amide bonds. The molecule has 0 aromatic rings. The molecular weight excluding hydrogens is 677 g/mol. The largest absolute Gasteiger partial charge is 0.756 e. The van der Waals surface area contributed by atoms with Gasteiger partial charge in [0.15, 0.2) is 6.10 Å². The van der Waals surface area contributed by atoms with Crippen molar-refractivity contribution in [3.8, 4) is 0 Å². The van der Waals surface area contributed by atoms with Crippen molar-refractivity contribution in [3.63, 3.8) is 0 Å². The normalized spacial score (nSPS) is 13.7. The van der Waals surface area contributed by atoms with Gasteiger partial charge in [-0.1, -0.05) is 154 Å². The Hall–Kier alpha value is -1.25. The van der Waals surface area contributed by atoms with E-state index >= 15 is 0 Å². The van der Waals surface area contributed by atoms with Crippen molar-refractivity contribution in [3.05, 3.63) is 12.2 Å². The SMILES string of the molecule is CCCCCCCC/C=C\CCCCCCCCCC(=O)OC[C@H](COP(=O)([O-])OCC[N+](C)(C)C)OC(=O)CCCCCCCCCCCCC. The predicted molar refractivity (Wildman–Crippen MR) is 213 cm³/mol. The van der Waals surface area contributed by atoms with Gasteiger partial charge in [-0.3, -0.25) is 14.2 Å². The summed E-state index contributed by atoms with van der Waals surface area (Å²) in [6.45, 7) is 4.22. The Bertz CT molecular complexity index is 907. The third kappa shape index (κ3) is 38.5. The second kappa shape index (κ2) is 35.5. The zero-order chi connectivity index (χ0) is 38.6. The fourth-order valence-electron chi connectivity index (χ4n) is 5.88. The van der Waals surface area contributed by atoms with Crippen LogP contribution >= 0.6 is 7.82 Å². The van der Waals surface area contributed by atoms with Gasteiger partial charge in [-0.05, 0) is 38.5 Å². The number of esters is 2. The molecule has 0 fully saturated rings. The summed E-state index contributed by atoms with van der Waals surface area (Å²) in [6.07, 6.45) is 35.2. The Morgan fingerprint density at radius 1 is 0.577 bits per heavy atom. The van der Waals surface area contributed by atoms with Gasteiger partial charge < -0.3 is 27.9 Å². The number of likely N-dealkylation sites (N-methyl/N-ethyl adjacent to an activating group) is 1. The Balaban J connectivity index is 4.32. The van der Waals surface area contributed by atoms with Crippen LogP contribution in [0.4, 0.5) is 0 Å². The maximum atomic E-state index is 12.6. The molecule has 10 heteroatoms. The first-order valence-corrected chi connectivity index (χ1v) is 22.9. The van der Waals surface area contributed by atoms with Crippen LogP contribution in [0.25, 0.3) is 0 Å². The van der Waals surface area contributed by atoms with Crippen LogP contribution in [-0.2, 0) is 32.7 Å². The molecule has 0 aliphatic carbocycles. The standard InChI is InChI=1S/C42H82NO8P/c1-6-8-10-12-14-16-18-19-20-21-22-23-25-26-28-30-32-34-41(44)48-38-40(39-50-52(46,47)49-37-36-43(3,4)5)51-42(45)35-33-31-29-27-24-17-15-13-11-9-7-2/h19-20,40H,6-18,21-39H2,1-5H3/b20-19-/t40-/m1/s1. The molecule has 0 aliphatic heterocycles. The lowest BCUT2D eigenvalue weighted by Gasteiger charge is -2.28. The minimum absolute atomic E-state index is 0.0285. The highest BCUT2D eigenvalue weighted by Gasteiger charge is 2.21. The van der Waals surface area contributed by atoms with Gasteiger partial charge >= 0.3 is 11.9 Å². The maximum Gasteiger partial charge on any atom is 0.306 e. The summed E-state index contributed by atoms with van der Waals surface area (Å²) in [7, 11) is 1.17. The van der Waals surface area contributed by atoms with E-state index in [9.17, 15) is 19.0 Å². The number of rotatable bonds is 39. The Kier molecular flexibility index (Phi) is 34.6. The molecule has 0 aromatic heterocycles. The van der Waals surface area contributed by atoms with E-state index in [0.29, 0.717) is 17.4 Å². The van der Waals surface area contributed by atoms with Gasteiger partial charge in [-0.2, -0.15) is 0 Å². The smallest absolute Gasteiger partial charge is 0.306 e. The Morgan fingerprint density at radius 2 is 0.981 bits per heavy atom. The van der Waals surface area contributed by atoms with Gasteiger partial charge in [0.05, 0.1) is 27.7 Å². The van der Waals surface area contributed by atoms with Crippen molar-refractivity contribution in [2.24, 2.45) is 0 Å². The number of phosphoric acid groups is 1. The zero-order valence-electron chi connectivity index (χ0n) is 34.5. The summed E-state index contributed by atoms with van der Waals surface area (Å²) in [6, 6.07) is 0. The van der Waals surface area contributed by atoms with Crippen molar-refractivity contribution in [1.82, 2.24) is 0 Å². The van der Waals surface area contributed by atoms with Crippen LogP contribution in [0.15, 0.2) is 12.2 Å². The summed E-state index contributed by atoms with van der Waals surface area (Å²) in [5.41, 5.74) is 0. The second-order valence-corrected chi connectivity index (χ2v) is 17.1. The fourth-order valence-corrected chi connectivity index (χ4v) is 6.61. The van der Waals surface area contributed by atoms with Crippen LogP contribution in [0.5, 0.6) is 0 Å². The van der Waals surface area contributed by atoms with Gasteiger partial charge in [-0.15, -0.1) is 0 Å². The van der Waals surface area contributed by atoms with Crippen LogP contribution in [0.1, 0.15) is 194 Å². The van der Waals surface area contributed by atoms with Gasteiger partial charge in [0.25, 0.3) is 7.82 Å². The van der Waals surface area contributed by atoms with Crippen LogP contribution < -0.4 is 4.89 Å². The Labute approximate surface area is 320 Å². The lowest BCUT2D eigenvalue weighted by atomic mass is 10.1. The molecule has 0 rings (SSSR count). The van der Waals surface area contributed by atoms with E-state index in [-0.39, 0.29) is 32.0 Å². The van der Waals surface area contributed by atoms with E-state index in [1.54, 1.807) is 0 Å². The monoisotopic (exact) mass is 760 g/mol. The molecule has 0 radical (unpaired) electrons. The highest BCUT2D eigenvalue weighted by molar-refractivity contribution is 7.45. The number of quaternary nitrogens is 1. The van der Waals surface area contributed by atoms with Crippen LogP contribution in [-0.4, -0.2) is 70.0 Å². The Morgan fingerprint density at radius 3 is 1.42 bits per heavy atom. The van der Waals surface area contributed by atoms with Gasteiger partial charge in [-0.25, -0.2) is 0 Å². The number of nitrogens with zero attached hydrogens (tertiary/aromatic N) is 1. The highest BCUT2D eigenvalue weighted by Crippen LogP contribution is 2.38. The zero-order valence-corrected chi connectivity index (χ0v) is 35.4. The number of ether oxygens (including phenoxy) is 2. The van der Waals surface area contributed by atoms with Crippen molar-refractivity contribution in [1.29, 1.82) is 0 Å². The average Bonchev–Trinajstić information content (AvgIpc) is 3.09. The third-order valence-corrected chi connectivity index (χ3v) is 10.2. The molecule has 1 unspecified atom stereocenters. The first kappa shape index (κ1) is 50.8. The minimum Gasteiger partial charge on any atom is -0.756 e. The fraction of sp³-hybridized carbons (Fsp3) is 0.905. The summed E-state index contributed by atoms with van der Waals surface area (Å²) >= 11 is 0. The molecule has 0 heterocycles. The van der Waals surface area contributed by atoms with Gasteiger partial charge in [0.2, 0.25) is 0 Å². The number of carbonyl (C=O) groups excluding carboxylic acids is 2. The molecule has 0 saturated carbocycles.